The summed E-state index contributed by atoms with van der Waals surface area (Å²) >= 11 is 5.76. The number of hydrogen-bond donors (Lipinski definition) is 2. The van der Waals surface area contributed by atoms with Gasteiger partial charge in [-0.2, -0.15) is 0 Å². The zero-order chi connectivity index (χ0) is 13.8. The summed E-state index contributed by atoms with van der Waals surface area (Å²) in [6, 6.07) is 5.56. The Labute approximate surface area is 113 Å². The first-order valence-electron chi connectivity index (χ1n) is 5.52. The summed E-state index contributed by atoms with van der Waals surface area (Å²) in [7, 11) is 0. The molecule has 1 aromatic heterocycles. The highest BCUT2D eigenvalue weighted by Gasteiger charge is 2.17. The molecule has 2 N–H and O–H groups in total. The van der Waals surface area contributed by atoms with E-state index in [2.05, 4.69) is 5.32 Å². The topological polar surface area (TPSA) is 62.5 Å². The van der Waals surface area contributed by atoms with E-state index in [1.54, 1.807) is 6.07 Å². The molecule has 0 saturated heterocycles. The first-order valence-corrected chi connectivity index (χ1v) is 5.89. The first kappa shape index (κ1) is 13.6. The van der Waals surface area contributed by atoms with Gasteiger partial charge in [-0.25, -0.2) is 4.39 Å². The molecule has 0 aliphatic heterocycles. The summed E-state index contributed by atoms with van der Waals surface area (Å²) in [5, 5.41) is 12.2. The average molecular weight is 284 g/mol. The van der Waals surface area contributed by atoms with Gasteiger partial charge in [0.05, 0.1) is 29.2 Å². The van der Waals surface area contributed by atoms with E-state index >= 15 is 0 Å². The molecule has 0 bridgehead atoms. The van der Waals surface area contributed by atoms with E-state index in [4.69, 9.17) is 16.0 Å². The highest BCUT2D eigenvalue weighted by Crippen LogP contribution is 2.19. The molecule has 1 heterocycles. The quantitative estimate of drug-likeness (QED) is 0.906. The smallest absolute Gasteiger partial charge is 0.255 e. The highest BCUT2D eigenvalue weighted by atomic mass is 35.5. The van der Waals surface area contributed by atoms with Gasteiger partial charge < -0.3 is 14.8 Å². The molecule has 19 heavy (non-hydrogen) atoms. The molecule has 6 heteroatoms. The van der Waals surface area contributed by atoms with Crippen LogP contribution in [0.1, 0.15) is 22.0 Å². The van der Waals surface area contributed by atoms with Crippen LogP contribution in [0.2, 0.25) is 5.02 Å². The summed E-state index contributed by atoms with van der Waals surface area (Å²) in [4.78, 5) is 11.8. The molecule has 0 fully saturated rings. The number of rotatable bonds is 4. The third kappa shape index (κ3) is 3.13. The summed E-state index contributed by atoms with van der Waals surface area (Å²) in [6.07, 6.45) is 1.86. The van der Waals surface area contributed by atoms with Gasteiger partial charge in [0, 0.05) is 12.1 Å². The van der Waals surface area contributed by atoms with Crippen molar-refractivity contribution in [1.82, 2.24) is 5.32 Å². The third-order valence-electron chi connectivity index (χ3n) is 2.57. The fourth-order valence-corrected chi connectivity index (χ4v) is 1.82. The van der Waals surface area contributed by atoms with Crippen LogP contribution in [0, 0.1) is 5.82 Å². The van der Waals surface area contributed by atoms with Crippen molar-refractivity contribution in [3.63, 3.8) is 0 Å². The average Bonchev–Trinajstić information content (AvgIpc) is 2.89. The van der Waals surface area contributed by atoms with E-state index in [1.807, 2.05) is 0 Å². The Morgan fingerprint density at radius 3 is 2.89 bits per heavy atom. The minimum atomic E-state index is -0.923. The molecule has 1 amide bonds. The van der Waals surface area contributed by atoms with Crippen molar-refractivity contribution in [2.45, 2.75) is 6.10 Å². The van der Waals surface area contributed by atoms with E-state index < -0.39 is 17.8 Å². The second kappa shape index (κ2) is 5.86. The van der Waals surface area contributed by atoms with Crippen molar-refractivity contribution in [1.29, 1.82) is 0 Å². The highest BCUT2D eigenvalue weighted by molar-refractivity contribution is 6.33. The van der Waals surface area contributed by atoms with Crippen molar-refractivity contribution in [3.8, 4) is 0 Å². The molecule has 0 saturated carbocycles. The lowest BCUT2D eigenvalue weighted by atomic mass is 10.1. The number of carbonyl (C=O) groups is 1. The maximum Gasteiger partial charge on any atom is 0.255 e. The van der Waals surface area contributed by atoms with Gasteiger partial charge in [0.1, 0.15) is 5.82 Å². The Morgan fingerprint density at radius 1 is 1.47 bits per heavy atom. The zero-order valence-corrected chi connectivity index (χ0v) is 10.5. The Hall–Kier alpha value is -1.85. The van der Waals surface area contributed by atoms with E-state index in [-0.39, 0.29) is 17.1 Å². The largest absolute Gasteiger partial charge is 0.472 e. The van der Waals surface area contributed by atoms with Crippen LogP contribution in [-0.4, -0.2) is 17.6 Å². The van der Waals surface area contributed by atoms with Crippen LogP contribution in [-0.2, 0) is 0 Å². The summed E-state index contributed by atoms with van der Waals surface area (Å²) in [5.74, 6) is -1.38. The number of nitrogens with one attached hydrogen (secondary N) is 1. The van der Waals surface area contributed by atoms with Gasteiger partial charge in [0.2, 0.25) is 0 Å². The van der Waals surface area contributed by atoms with Crippen LogP contribution in [0.15, 0.2) is 41.2 Å². The SMILES string of the molecule is O=C(NC[C@H](O)c1ccoc1)c1c(F)cccc1Cl. The summed E-state index contributed by atoms with van der Waals surface area (Å²) < 4.78 is 18.3. The Balaban J connectivity index is 2.02. The van der Waals surface area contributed by atoms with Crippen molar-refractivity contribution < 1.29 is 18.7 Å². The molecule has 0 spiro atoms. The molecule has 100 valence electrons. The van der Waals surface area contributed by atoms with Gasteiger partial charge in [-0.1, -0.05) is 17.7 Å². The van der Waals surface area contributed by atoms with E-state index in [0.29, 0.717) is 5.56 Å². The van der Waals surface area contributed by atoms with E-state index in [1.165, 1.54) is 24.7 Å². The Kier molecular flexibility index (Phi) is 4.19. The van der Waals surface area contributed by atoms with Crippen LogP contribution >= 0.6 is 11.6 Å². The fraction of sp³-hybridized carbons (Fsp3) is 0.154. The number of carbonyl (C=O) groups excluding carboxylic acids is 1. The minimum absolute atomic E-state index is 0.0234. The molecule has 0 aliphatic carbocycles. The number of amides is 1. The molecule has 1 aromatic carbocycles. The van der Waals surface area contributed by atoms with Gasteiger partial charge in [-0.05, 0) is 18.2 Å². The lowest BCUT2D eigenvalue weighted by molar-refractivity contribution is 0.0912. The van der Waals surface area contributed by atoms with Crippen LogP contribution in [0.5, 0.6) is 0 Å². The molecular formula is C13H11ClFNO3. The molecule has 2 aromatic rings. The van der Waals surface area contributed by atoms with E-state index in [9.17, 15) is 14.3 Å². The number of aliphatic hydroxyl groups is 1. The van der Waals surface area contributed by atoms with Gasteiger partial charge >= 0.3 is 0 Å². The third-order valence-corrected chi connectivity index (χ3v) is 2.89. The second-order valence-electron chi connectivity index (χ2n) is 3.88. The fourth-order valence-electron chi connectivity index (χ4n) is 1.57. The molecule has 4 nitrogen and oxygen atoms in total. The molecule has 0 unspecified atom stereocenters. The summed E-state index contributed by atoms with van der Waals surface area (Å²) in [5.41, 5.74) is 0.295. The number of furan rings is 1. The Morgan fingerprint density at radius 2 is 2.26 bits per heavy atom. The predicted octanol–water partition coefficient (Wildman–Crippen LogP) is 2.54. The number of aliphatic hydroxyl groups excluding tert-OH is 1. The summed E-state index contributed by atoms with van der Waals surface area (Å²) in [6.45, 7) is -0.0664. The first-order chi connectivity index (χ1) is 9.09. The van der Waals surface area contributed by atoms with Crippen LogP contribution in [0.25, 0.3) is 0 Å². The Bertz CT molecular complexity index is 551. The molecule has 0 aliphatic rings. The monoisotopic (exact) mass is 283 g/mol. The van der Waals surface area contributed by atoms with Crippen molar-refractivity contribution in [2.24, 2.45) is 0 Å². The molecule has 0 radical (unpaired) electrons. The van der Waals surface area contributed by atoms with Crippen molar-refractivity contribution >= 4 is 17.5 Å². The van der Waals surface area contributed by atoms with Crippen molar-refractivity contribution in [3.05, 3.63) is 58.8 Å². The minimum Gasteiger partial charge on any atom is -0.472 e. The van der Waals surface area contributed by atoms with Gasteiger partial charge in [-0.3, -0.25) is 4.79 Å². The molecular weight excluding hydrogens is 273 g/mol. The lowest BCUT2D eigenvalue weighted by Gasteiger charge is -2.11. The van der Waals surface area contributed by atoms with Gasteiger partial charge in [0.25, 0.3) is 5.91 Å². The molecule has 2 rings (SSSR count). The van der Waals surface area contributed by atoms with Gasteiger partial charge in [-0.15, -0.1) is 0 Å². The standard InChI is InChI=1S/C13H11ClFNO3/c14-9-2-1-3-10(15)12(9)13(18)16-6-11(17)8-4-5-19-7-8/h1-5,7,11,17H,6H2,(H,16,18)/t11-/m0/s1. The predicted molar refractivity (Wildman–Crippen MR) is 67.4 cm³/mol. The van der Waals surface area contributed by atoms with Gasteiger partial charge in [0.15, 0.2) is 0 Å². The van der Waals surface area contributed by atoms with Crippen LogP contribution in [0.4, 0.5) is 4.39 Å². The number of halogens is 2. The zero-order valence-electron chi connectivity index (χ0n) is 9.77. The van der Waals surface area contributed by atoms with Crippen LogP contribution < -0.4 is 5.32 Å². The molecule has 1 atom stereocenters. The number of benzene rings is 1. The van der Waals surface area contributed by atoms with E-state index in [0.717, 1.165) is 6.07 Å². The maximum atomic E-state index is 13.5. The number of hydrogen-bond acceptors (Lipinski definition) is 3. The second-order valence-corrected chi connectivity index (χ2v) is 4.29. The normalized spacial score (nSPS) is 12.2. The van der Waals surface area contributed by atoms with Crippen molar-refractivity contribution in [2.75, 3.05) is 6.54 Å². The lowest BCUT2D eigenvalue weighted by Crippen LogP contribution is -2.29. The maximum absolute atomic E-state index is 13.5. The van der Waals surface area contributed by atoms with Crippen LogP contribution in [0.3, 0.4) is 0 Å².